The third kappa shape index (κ3) is 3.91. The molecule has 0 fully saturated rings. The van der Waals surface area contributed by atoms with Crippen molar-refractivity contribution in [1.29, 1.82) is 0 Å². The molecule has 1 heterocycles. The molecule has 0 N–H and O–H groups in total. The predicted octanol–water partition coefficient (Wildman–Crippen LogP) is 2.76. The van der Waals surface area contributed by atoms with Crippen LogP contribution in [-0.2, 0) is 4.74 Å². The van der Waals surface area contributed by atoms with E-state index in [-0.39, 0.29) is 12.4 Å². The van der Waals surface area contributed by atoms with E-state index in [4.69, 9.17) is 28.4 Å². The van der Waals surface area contributed by atoms with Crippen LogP contribution in [0.5, 0.6) is 28.7 Å². The first-order valence-corrected chi connectivity index (χ1v) is 8.83. The van der Waals surface area contributed by atoms with Gasteiger partial charge in [-0.25, -0.2) is 4.99 Å². The molecule has 8 heteroatoms. The summed E-state index contributed by atoms with van der Waals surface area (Å²) < 4.78 is 32.2. The van der Waals surface area contributed by atoms with Gasteiger partial charge in [-0.1, -0.05) is 0 Å². The summed E-state index contributed by atoms with van der Waals surface area (Å²) in [6.45, 7) is 0.138. The number of Topliss-reactive ketones (excluding diaryl/α,β-unsaturated/α-hetero) is 1. The molecule has 1 unspecified atom stereocenters. The molecule has 3 rings (SSSR count). The van der Waals surface area contributed by atoms with E-state index < -0.39 is 6.04 Å². The summed E-state index contributed by atoms with van der Waals surface area (Å²) in [6.07, 6.45) is 0. The van der Waals surface area contributed by atoms with E-state index in [9.17, 15) is 4.79 Å². The average Bonchev–Trinajstić information content (AvgIpc) is 3.27. The van der Waals surface area contributed by atoms with Gasteiger partial charge in [0.15, 0.2) is 34.8 Å². The number of rotatable bonds is 8. The van der Waals surface area contributed by atoms with Crippen LogP contribution in [0.4, 0.5) is 0 Å². The van der Waals surface area contributed by atoms with Crippen LogP contribution >= 0.6 is 0 Å². The second-order valence-corrected chi connectivity index (χ2v) is 6.11. The van der Waals surface area contributed by atoms with Crippen molar-refractivity contribution in [3.8, 4) is 28.7 Å². The Labute approximate surface area is 169 Å². The monoisotopic (exact) mass is 401 g/mol. The SMILES string of the molecule is COc1ccc(C2=NC(C(=O)c3cc(OC)c(OC)c(OC)c3)CO2)cc1OC. The highest BCUT2D eigenvalue weighted by molar-refractivity contribution is 6.05. The van der Waals surface area contributed by atoms with Crippen molar-refractivity contribution in [2.75, 3.05) is 42.2 Å². The fraction of sp³-hybridized carbons (Fsp3) is 0.333. The molecule has 0 saturated carbocycles. The van der Waals surface area contributed by atoms with E-state index in [1.54, 1.807) is 44.6 Å². The first kappa shape index (κ1) is 20.3. The van der Waals surface area contributed by atoms with Gasteiger partial charge in [0.05, 0.1) is 35.5 Å². The van der Waals surface area contributed by atoms with E-state index in [1.807, 2.05) is 0 Å². The summed E-state index contributed by atoms with van der Waals surface area (Å²) in [5.74, 6) is 2.53. The highest BCUT2D eigenvalue weighted by atomic mass is 16.5. The predicted molar refractivity (Wildman–Crippen MR) is 106 cm³/mol. The number of benzene rings is 2. The molecule has 29 heavy (non-hydrogen) atoms. The van der Waals surface area contributed by atoms with Crippen molar-refractivity contribution >= 4 is 11.7 Å². The van der Waals surface area contributed by atoms with E-state index in [1.165, 1.54) is 21.3 Å². The summed E-state index contributed by atoms with van der Waals surface area (Å²) in [6, 6.07) is 7.84. The first-order valence-electron chi connectivity index (χ1n) is 8.83. The molecule has 0 radical (unpaired) electrons. The summed E-state index contributed by atoms with van der Waals surface area (Å²) in [7, 11) is 7.62. The molecule has 1 aliphatic heterocycles. The lowest BCUT2D eigenvalue weighted by atomic mass is 10.0. The van der Waals surface area contributed by atoms with Crippen molar-refractivity contribution in [3.05, 3.63) is 41.5 Å². The largest absolute Gasteiger partial charge is 0.493 e. The highest BCUT2D eigenvalue weighted by Gasteiger charge is 2.29. The summed E-state index contributed by atoms with van der Waals surface area (Å²) in [5, 5.41) is 0. The molecule has 1 aliphatic rings. The third-order valence-electron chi connectivity index (χ3n) is 4.53. The maximum absolute atomic E-state index is 13.0. The van der Waals surface area contributed by atoms with Gasteiger partial charge < -0.3 is 28.4 Å². The molecule has 154 valence electrons. The number of carbonyl (C=O) groups is 1. The van der Waals surface area contributed by atoms with Gasteiger partial charge >= 0.3 is 0 Å². The quantitative estimate of drug-likeness (QED) is 0.629. The molecule has 2 aromatic rings. The summed E-state index contributed by atoms with van der Waals surface area (Å²) in [4.78, 5) is 17.5. The van der Waals surface area contributed by atoms with Gasteiger partial charge in [-0.15, -0.1) is 0 Å². The van der Waals surface area contributed by atoms with Crippen LogP contribution < -0.4 is 23.7 Å². The minimum atomic E-state index is -0.680. The van der Waals surface area contributed by atoms with E-state index in [2.05, 4.69) is 4.99 Å². The van der Waals surface area contributed by atoms with Crippen molar-refractivity contribution in [2.45, 2.75) is 6.04 Å². The number of ether oxygens (including phenoxy) is 6. The van der Waals surface area contributed by atoms with Gasteiger partial charge in [0.2, 0.25) is 11.6 Å². The molecule has 0 saturated heterocycles. The normalized spacial score (nSPS) is 15.2. The Hall–Kier alpha value is -3.42. The first-order chi connectivity index (χ1) is 14.1. The lowest BCUT2D eigenvalue weighted by Gasteiger charge is -2.14. The van der Waals surface area contributed by atoms with Crippen molar-refractivity contribution in [3.63, 3.8) is 0 Å². The molecule has 0 bridgehead atoms. The number of carbonyl (C=O) groups excluding carboxylic acids is 1. The molecule has 1 atom stereocenters. The van der Waals surface area contributed by atoms with Crippen molar-refractivity contribution in [2.24, 2.45) is 4.99 Å². The zero-order valence-corrected chi connectivity index (χ0v) is 17.0. The molecular formula is C21H23NO7. The fourth-order valence-corrected chi connectivity index (χ4v) is 3.05. The number of ketones is 1. The minimum Gasteiger partial charge on any atom is -0.493 e. The molecule has 0 amide bonds. The van der Waals surface area contributed by atoms with Crippen LogP contribution in [0.15, 0.2) is 35.3 Å². The minimum absolute atomic E-state index is 0.138. The van der Waals surface area contributed by atoms with Crippen LogP contribution in [0, 0.1) is 0 Å². The average molecular weight is 401 g/mol. The van der Waals surface area contributed by atoms with Gasteiger partial charge in [0.1, 0.15) is 6.61 Å². The number of hydrogen-bond donors (Lipinski definition) is 0. The Morgan fingerprint density at radius 3 is 2.03 bits per heavy atom. The van der Waals surface area contributed by atoms with Gasteiger partial charge in [-0.3, -0.25) is 4.79 Å². The van der Waals surface area contributed by atoms with Crippen molar-refractivity contribution in [1.82, 2.24) is 0 Å². The van der Waals surface area contributed by atoms with Crippen LogP contribution in [0.25, 0.3) is 0 Å². The second kappa shape index (κ2) is 8.72. The van der Waals surface area contributed by atoms with E-state index in [0.717, 1.165) is 0 Å². The number of nitrogens with zero attached hydrogens (tertiary/aromatic N) is 1. The number of hydrogen-bond acceptors (Lipinski definition) is 8. The van der Waals surface area contributed by atoms with Crippen LogP contribution in [0.3, 0.4) is 0 Å². The van der Waals surface area contributed by atoms with E-state index >= 15 is 0 Å². The van der Waals surface area contributed by atoms with Crippen LogP contribution in [0.2, 0.25) is 0 Å². The zero-order valence-electron chi connectivity index (χ0n) is 17.0. The Morgan fingerprint density at radius 2 is 1.48 bits per heavy atom. The molecular weight excluding hydrogens is 378 g/mol. The van der Waals surface area contributed by atoms with Crippen molar-refractivity contribution < 1.29 is 33.2 Å². The third-order valence-corrected chi connectivity index (χ3v) is 4.53. The maximum atomic E-state index is 13.0. The smallest absolute Gasteiger partial charge is 0.217 e. The molecule has 8 nitrogen and oxygen atoms in total. The topological polar surface area (TPSA) is 84.8 Å². The van der Waals surface area contributed by atoms with Crippen LogP contribution in [-0.4, -0.2) is 59.9 Å². The fourth-order valence-electron chi connectivity index (χ4n) is 3.05. The van der Waals surface area contributed by atoms with Crippen LogP contribution in [0.1, 0.15) is 15.9 Å². The zero-order chi connectivity index (χ0) is 21.0. The molecule has 0 spiro atoms. The molecule has 0 aliphatic carbocycles. The van der Waals surface area contributed by atoms with Gasteiger partial charge in [0, 0.05) is 11.1 Å². The molecule has 0 aromatic heterocycles. The summed E-state index contributed by atoms with van der Waals surface area (Å²) in [5.41, 5.74) is 1.09. The van der Waals surface area contributed by atoms with Gasteiger partial charge in [0.25, 0.3) is 0 Å². The highest BCUT2D eigenvalue weighted by Crippen LogP contribution is 2.38. The Morgan fingerprint density at radius 1 is 0.862 bits per heavy atom. The Bertz CT molecular complexity index is 914. The second-order valence-electron chi connectivity index (χ2n) is 6.11. The standard InChI is InChI=1S/C21H23NO7/c1-24-15-7-6-12(8-16(15)25-2)21-22-14(11-29-21)19(23)13-9-17(26-3)20(28-5)18(10-13)27-4/h6-10,14H,11H2,1-5H3. The summed E-state index contributed by atoms with van der Waals surface area (Å²) >= 11 is 0. The lowest BCUT2D eigenvalue weighted by molar-refractivity contribution is 0.0947. The van der Waals surface area contributed by atoms with Gasteiger partial charge in [-0.2, -0.15) is 0 Å². The van der Waals surface area contributed by atoms with E-state index in [0.29, 0.717) is 45.8 Å². The maximum Gasteiger partial charge on any atom is 0.217 e. The van der Waals surface area contributed by atoms with Gasteiger partial charge in [-0.05, 0) is 30.3 Å². The molecule has 2 aromatic carbocycles. The Balaban J connectivity index is 1.89. The number of aliphatic imine (C=N–C) groups is 1. The lowest BCUT2D eigenvalue weighted by Crippen LogP contribution is -2.20. The Kier molecular flexibility index (Phi) is 6.11. The number of methoxy groups -OCH3 is 5.